The number of rotatable bonds is 3. The van der Waals surface area contributed by atoms with Crippen LogP contribution in [-0.2, 0) is 19.9 Å². The second-order valence-electron chi connectivity index (χ2n) is 7.23. The summed E-state index contributed by atoms with van der Waals surface area (Å²) in [5, 5.41) is 8.38. The van der Waals surface area contributed by atoms with Gasteiger partial charge in [0.05, 0.1) is 17.3 Å². The van der Waals surface area contributed by atoms with E-state index in [0.717, 1.165) is 28.7 Å². The third-order valence-corrected chi connectivity index (χ3v) is 5.35. The Morgan fingerprint density at radius 2 is 1.96 bits per heavy atom. The highest BCUT2D eigenvalue weighted by Gasteiger charge is 2.16. The summed E-state index contributed by atoms with van der Waals surface area (Å²) in [6.45, 7) is 3.96. The molecule has 1 aromatic carbocycles. The van der Waals surface area contributed by atoms with Crippen molar-refractivity contribution in [2.24, 2.45) is 7.05 Å². The number of hydrogen-bond acceptors (Lipinski definition) is 3. The molecule has 2 aromatic heterocycles. The molecule has 5 heteroatoms. The Morgan fingerprint density at radius 1 is 1.19 bits per heavy atom. The predicted molar refractivity (Wildman–Crippen MR) is 102 cm³/mol. The first-order chi connectivity index (χ1) is 12.5. The van der Waals surface area contributed by atoms with Crippen molar-refractivity contribution in [3.05, 3.63) is 58.4 Å². The Hall–Kier alpha value is -2.69. The van der Waals surface area contributed by atoms with E-state index in [1.54, 1.807) is 10.9 Å². The third-order valence-electron chi connectivity index (χ3n) is 5.35. The number of hydrogen-bond donors (Lipinski definition) is 1. The van der Waals surface area contributed by atoms with E-state index < -0.39 is 0 Å². The van der Waals surface area contributed by atoms with Crippen molar-refractivity contribution < 1.29 is 4.79 Å². The van der Waals surface area contributed by atoms with E-state index in [1.165, 1.54) is 30.4 Å². The number of nitrogens with one attached hydrogen (secondary N) is 1. The van der Waals surface area contributed by atoms with Crippen LogP contribution in [0, 0.1) is 6.92 Å². The summed E-state index contributed by atoms with van der Waals surface area (Å²) in [6, 6.07) is 8.45. The molecule has 1 atom stereocenters. The standard InChI is InChI=1S/C21H24N4O/c1-13(16-9-8-15-6-4-5-7-17(15)10-16)23-21(26)18-11-19-14(2)24-25(3)20(19)22-12-18/h8-13H,4-7H2,1-3H3,(H,23,26)/t13-/m1/s1. The van der Waals surface area contributed by atoms with E-state index in [0.29, 0.717) is 5.56 Å². The molecule has 0 radical (unpaired) electrons. The summed E-state index contributed by atoms with van der Waals surface area (Å²) in [6.07, 6.45) is 6.48. The molecule has 1 aliphatic rings. The molecule has 1 amide bonds. The van der Waals surface area contributed by atoms with Crippen LogP contribution in [0.4, 0.5) is 0 Å². The van der Waals surface area contributed by atoms with Gasteiger partial charge in [0.25, 0.3) is 5.91 Å². The van der Waals surface area contributed by atoms with E-state index in [9.17, 15) is 4.79 Å². The maximum Gasteiger partial charge on any atom is 0.253 e. The summed E-state index contributed by atoms with van der Waals surface area (Å²) < 4.78 is 1.74. The van der Waals surface area contributed by atoms with Crippen molar-refractivity contribution in [1.82, 2.24) is 20.1 Å². The molecule has 0 spiro atoms. The zero-order valence-corrected chi connectivity index (χ0v) is 15.5. The van der Waals surface area contributed by atoms with Gasteiger partial charge in [-0.05, 0) is 62.3 Å². The van der Waals surface area contributed by atoms with E-state index >= 15 is 0 Å². The Labute approximate surface area is 153 Å². The maximum atomic E-state index is 12.7. The largest absolute Gasteiger partial charge is 0.345 e. The first-order valence-electron chi connectivity index (χ1n) is 9.25. The summed E-state index contributed by atoms with van der Waals surface area (Å²) >= 11 is 0. The van der Waals surface area contributed by atoms with Crippen LogP contribution in [-0.4, -0.2) is 20.7 Å². The summed E-state index contributed by atoms with van der Waals surface area (Å²) in [7, 11) is 1.86. The average Bonchev–Trinajstić information content (AvgIpc) is 2.94. The lowest BCUT2D eigenvalue weighted by molar-refractivity contribution is 0.0939. The fourth-order valence-corrected chi connectivity index (χ4v) is 3.82. The van der Waals surface area contributed by atoms with Gasteiger partial charge in [0, 0.05) is 18.6 Å². The minimum atomic E-state index is -0.104. The van der Waals surface area contributed by atoms with Crippen LogP contribution < -0.4 is 5.32 Å². The van der Waals surface area contributed by atoms with Crippen LogP contribution in [0.3, 0.4) is 0 Å². The predicted octanol–water partition coefficient (Wildman–Crippen LogP) is 3.65. The first kappa shape index (κ1) is 16.8. The smallest absolute Gasteiger partial charge is 0.253 e. The van der Waals surface area contributed by atoms with Gasteiger partial charge in [-0.25, -0.2) is 4.98 Å². The number of benzene rings is 1. The minimum Gasteiger partial charge on any atom is -0.345 e. The third kappa shape index (κ3) is 2.98. The maximum absolute atomic E-state index is 12.7. The molecule has 1 aliphatic carbocycles. The minimum absolute atomic E-state index is 0.0413. The number of aromatic nitrogens is 3. The van der Waals surface area contributed by atoms with Gasteiger partial charge in [-0.1, -0.05) is 18.2 Å². The zero-order chi connectivity index (χ0) is 18.3. The van der Waals surface area contributed by atoms with Gasteiger partial charge in [-0.15, -0.1) is 0 Å². The molecule has 134 valence electrons. The van der Waals surface area contributed by atoms with Crippen LogP contribution in [0.15, 0.2) is 30.5 Å². The molecule has 0 bridgehead atoms. The fourth-order valence-electron chi connectivity index (χ4n) is 3.82. The number of carbonyl (C=O) groups is 1. The van der Waals surface area contributed by atoms with Gasteiger partial charge >= 0.3 is 0 Å². The molecule has 4 rings (SSSR count). The molecule has 0 fully saturated rings. The summed E-state index contributed by atoms with van der Waals surface area (Å²) in [5.74, 6) is -0.104. The number of nitrogens with zero attached hydrogens (tertiary/aromatic N) is 3. The molecule has 3 aromatic rings. The van der Waals surface area contributed by atoms with Crippen molar-refractivity contribution >= 4 is 16.9 Å². The number of amides is 1. The van der Waals surface area contributed by atoms with Gasteiger partial charge in [0.15, 0.2) is 5.65 Å². The topological polar surface area (TPSA) is 59.8 Å². The van der Waals surface area contributed by atoms with Crippen molar-refractivity contribution in [3.63, 3.8) is 0 Å². The zero-order valence-electron chi connectivity index (χ0n) is 15.5. The molecule has 0 unspecified atom stereocenters. The van der Waals surface area contributed by atoms with Crippen molar-refractivity contribution in [2.75, 3.05) is 0 Å². The normalized spacial score (nSPS) is 14.9. The quantitative estimate of drug-likeness (QED) is 0.786. The van der Waals surface area contributed by atoms with Crippen LogP contribution >= 0.6 is 0 Å². The highest BCUT2D eigenvalue weighted by molar-refractivity contribution is 5.97. The first-order valence-corrected chi connectivity index (χ1v) is 9.25. The molecule has 0 saturated carbocycles. The summed E-state index contributed by atoms with van der Waals surface area (Å²) in [4.78, 5) is 17.1. The van der Waals surface area contributed by atoms with E-state index in [2.05, 4.69) is 33.6 Å². The lowest BCUT2D eigenvalue weighted by Crippen LogP contribution is -2.27. The highest BCUT2D eigenvalue weighted by atomic mass is 16.1. The average molecular weight is 348 g/mol. The molecule has 0 saturated heterocycles. The Bertz CT molecular complexity index is 989. The number of pyridine rings is 1. The summed E-state index contributed by atoms with van der Waals surface area (Å²) in [5.41, 5.74) is 6.29. The molecular weight excluding hydrogens is 324 g/mol. The van der Waals surface area contributed by atoms with E-state index in [4.69, 9.17) is 0 Å². The van der Waals surface area contributed by atoms with Gasteiger partial charge in [0.2, 0.25) is 0 Å². The van der Waals surface area contributed by atoms with Crippen molar-refractivity contribution in [2.45, 2.75) is 45.6 Å². The molecule has 5 nitrogen and oxygen atoms in total. The van der Waals surface area contributed by atoms with E-state index in [1.807, 2.05) is 27.0 Å². The molecular formula is C21H24N4O. The highest BCUT2D eigenvalue weighted by Crippen LogP contribution is 2.25. The molecule has 2 heterocycles. The molecule has 1 N–H and O–H groups in total. The lowest BCUT2D eigenvalue weighted by Gasteiger charge is -2.20. The van der Waals surface area contributed by atoms with Crippen molar-refractivity contribution in [1.29, 1.82) is 0 Å². The number of fused-ring (bicyclic) bond motifs is 2. The molecule has 0 aliphatic heterocycles. The fraction of sp³-hybridized carbons (Fsp3) is 0.381. The molecule has 26 heavy (non-hydrogen) atoms. The van der Waals surface area contributed by atoms with Crippen LogP contribution in [0.5, 0.6) is 0 Å². The van der Waals surface area contributed by atoms with Gasteiger partial charge in [0.1, 0.15) is 0 Å². The van der Waals surface area contributed by atoms with Crippen LogP contribution in [0.2, 0.25) is 0 Å². The van der Waals surface area contributed by atoms with Gasteiger partial charge in [-0.3, -0.25) is 9.48 Å². The Kier molecular flexibility index (Phi) is 4.23. The van der Waals surface area contributed by atoms with Gasteiger partial charge in [-0.2, -0.15) is 5.10 Å². The lowest BCUT2D eigenvalue weighted by atomic mass is 9.89. The number of aryl methyl sites for hydroxylation is 4. The van der Waals surface area contributed by atoms with E-state index in [-0.39, 0.29) is 11.9 Å². The van der Waals surface area contributed by atoms with Crippen LogP contribution in [0.1, 0.15) is 58.5 Å². The monoisotopic (exact) mass is 348 g/mol. The second kappa shape index (κ2) is 6.56. The Balaban J connectivity index is 1.55. The second-order valence-corrected chi connectivity index (χ2v) is 7.23. The SMILES string of the molecule is Cc1nn(C)c2ncc(C(=O)N[C@H](C)c3ccc4c(c3)CCCC4)cc12. The number of carbonyl (C=O) groups excluding carboxylic acids is 1. The van der Waals surface area contributed by atoms with Crippen LogP contribution in [0.25, 0.3) is 11.0 Å². The Morgan fingerprint density at radius 3 is 2.77 bits per heavy atom. The van der Waals surface area contributed by atoms with Gasteiger partial charge < -0.3 is 5.32 Å². The van der Waals surface area contributed by atoms with Crippen molar-refractivity contribution in [3.8, 4) is 0 Å².